The van der Waals surface area contributed by atoms with Gasteiger partial charge in [0.25, 0.3) is 5.91 Å². The highest BCUT2D eigenvalue weighted by atomic mass is 16.4. The lowest BCUT2D eigenvalue weighted by Crippen LogP contribution is -2.49. The molecule has 7 nitrogen and oxygen atoms in total. The van der Waals surface area contributed by atoms with Crippen LogP contribution >= 0.6 is 0 Å². The van der Waals surface area contributed by atoms with Crippen LogP contribution in [0.2, 0.25) is 0 Å². The van der Waals surface area contributed by atoms with Gasteiger partial charge in [0, 0.05) is 11.1 Å². The van der Waals surface area contributed by atoms with Gasteiger partial charge in [-0.05, 0) is 25.0 Å². The number of aliphatic carboxylic acids is 1. The van der Waals surface area contributed by atoms with Crippen LogP contribution in [0.1, 0.15) is 57.8 Å². The summed E-state index contributed by atoms with van der Waals surface area (Å²) in [6.45, 7) is 5.51. The number of Topliss-reactive ketones (excluding diaryl/α,β-unsaturated/α-hetero) is 1. The monoisotopic (exact) mass is 360 g/mol. The zero-order valence-electron chi connectivity index (χ0n) is 15.3. The Morgan fingerprint density at radius 3 is 2.38 bits per heavy atom. The fraction of sp³-hybridized carbons (Fsp3) is 0.526. The summed E-state index contributed by atoms with van der Waals surface area (Å²) in [4.78, 5) is 36.5. The number of hydrogen-bond acceptors (Lipinski definition) is 4. The van der Waals surface area contributed by atoms with Crippen molar-refractivity contribution in [1.82, 2.24) is 9.88 Å². The second kappa shape index (κ2) is 6.00. The molecular formula is C19H24N2O5. The normalized spacial score (nSPS) is 19.0. The molecule has 3 rings (SSSR count). The van der Waals surface area contributed by atoms with E-state index >= 15 is 0 Å². The van der Waals surface area contributed by atoms with Gasteiger partial charge in [-0.25, -0.2) is 0 Å². The molecule has 2 aliphatic rings. The highest BCUT2D eigenvalue weighted by Crippen LogP contribution is 2.47. The van der Waals surface area contributed by atoms with Crippen LogP contribution in [-0.2, 0) is 25.3 Å². The third-order valence-corrected chi connectivity index (χ3v) is 5.26. The zero-order valence-corrected chi connectivity index (χ0v) is 15.3. The molecule has 1 fully saturated rings. The molecule has 0 unspecified atom stereocenters. The predicted molar refractivity (Wildman–Crippen MR) is 94.8 cm³/mol. The second-order valence-corrected chi connectivity index (χ2v) is 8.06. The number of carbonyl (C=O) groups is 3. The number of carbonyl (C=O) groups excluding carboxylic acids is 2. The number of ketones is 1. The lowest BCUT2D eigenvalue weighted by atomic mass is 9.81. The molecular weight excluding hydrogens is 336 g/mol. The van der Waals surface area contributed by atoms with E-state index in [0.29, 0.717) is 18.5 Å². The number of aliphatic hydroxyl groups is 1. The molecule has 1 aliphatic carbocycles. The first-order valence-electron chi connectivity index (χ1n) is 8.81. The van der Waals surface area contributed by atoms with E-state index in [1.165, 1.54) is 0 Å². The molecule has 0 atom stereocenters. The van der Waals surface area contributed by atoms with Crippen molar-refractivity contribution in [1.29, 1.82) is 0 Å². The Balaban J connectivity index is 2.18. The minimum atomic E-state index is -1.21. The Labute approximate surface area is 151 Å². The Kier molecular flexibility index (Phi) is 4.21. The third kappa shape index (κ3) is 2.62. The molecule has 7 heteroatoms. The molecule has 2 heterocycles. The number of carboxylic acid groups (broad SMARTS) is 1. The van der Waals surface area contributed by atoms with Gasteiger partial charge >= 0.3 is 5.97 Å². The first-order chi connectivity index (χ1) is 12.1. The first kappa shape index (κ1) is 18.2. The van der Waals surface area contributed by atoms with E-state index in [-0.39, 0.29) is 16.7 Å². The van der Waals surface area contributed by atoms with E-state index in [2.05, 4.69) is 5.32 Å². The van der Waals surface area contributed by atoms with Crippen LogP contribution in [0, 0.1) is 0 Å². The van der Waals surface area contributed by atoms with E-state index in [9.17, 15) is 19.5 Å². The quantitative estimate of drug-likeness (QED) is 0.716. The number of aromatic nitrogens is 1. The van der Waals surface area contributed by atoms with Crippen LogP contribution < -0.4 is 5.32 Å². The summed E-state index contributed by atoms with van der Waals surface area (Å²) in [6.07, 6.45) is 2.91. The van der Waals surface area contributed by atoms with E-state index in [0.717, 1.165) is 18.5 Å². The van der Waals surface area contributed by atoms with E-state index in [4.69, 9.17) is 5.11 Å². The molecule has 1 amide bonds. The number of hydrogen-bond donors (Lipinski definition) is 3. The maximum atomic E-state index is 13.3. The first-order valence-corrected chi connectivity index (χ1v) is 8.81. The van der Waals surface area contributed by atoms with Gasteiger partial charge < -0.3 is 20.1 Å². The Morgan fingerprint density at radius 1 is 1.23 bits per heavy atom. The molecule has 0 radical (unpaired) electrons. The minimum absolute atomic E-state index is 0.239. The number of fused-ring (bicyclic) bond motifs is 2. The Morgan fingerprint density at radius 2 is 1.85 bits per heavy atom. The summed E-state index contributed by atoms with van der Waals surface area (Å²) in [7, 11) is 0. The highest BCUT2D eigenvalue weighted by molar-refractivity contribution is 6.27. The van der Waals surface area contributed by atoms with Gasteiger partial charge in [-0.1, -0.05) is 33.6 Å². The average molecular weight is 360 g/mol. The second-order valence-electron chi connectivity index (χ2n) is 8.06. The molecule has 1 aromatic heterocycles. The lowest BCUT2D eigenvalue weighted by molar-refractivity contribution is -0.138. The summed E-state index contributed by atoms with van der Waals surface area (Å²) >= 11 is 0. The smallest absolute Gasteiger partial charge is 0.322 e. The van der Waals surface area contributed by atoms with Crippen LogP contribution in [0.3, 0.4) is 0 Å². The van der Waals surface area contributed by atoms with Crippen molar-refractivity contribution in [3.8, 4) is 0 Å². The van der Waals surface area contributed by atoms with Crippen molar-refractivity contribution in [2.45, 2.75) is 57.4 Å². The Hall–Kier alpha value is -2.57. The number of nitrogens with one attached hydrogen (secondary N) is 1. The van der Waals surface area contributed by atoms with Gasteiger partial charge in [-0.3, -0.25) is 14.4 Å². The van der Waals surface area contributed by atoms with Crippen molar-refractivity contribution in [2.75, 3.05) is 6.54 Å². The average Bonchev–Trinajstić information content (AvgIpc) is 3.18. The molecule has 3 N–H and O–H groups in total. The standard InChI is InChI=1S/C19H24N2O5/c1-18(2,3)12-7-6-11-15(24)14(17(26)20-10-13(22)23)16(25)19(21(11)12)8-4-5-9-19/h6-7,24H,4-5,8-10H2,1-3H3,(H,20,26)(H,22,23). The molecule has 1 aromatic rings. The van der Waals surface area contributed by atoms with Crippen LogP contribution in [-0.4, -0.2) is 39.0 Å². The molecule has 0 saturated heterocycles. The summed E-state index contributed by atoms with van der Waals surface area (Å²) in [5, 5.41) is 21.6. The summed E-state index contributed by atoms with van der Waals surface area (Å²) in [5.74, 6) is -2.86. The maximum Gasteiger partial charge on any atom is 0.322 e. The molecule has 0 bridgehead atoms. The fourth-order valence-electron chi connectivity index (χ4n) is 4.10. The van der Waals surface area contributed by atoms with Crippen LogP contribution in [0.25, 0.3) is 5.76 Å². The fourth-order valence-corrected chi connectivity index (χ4v) is 4.10. The molecule has 1 aliphatic heterocycles. The van der Waals surface area contributed by atoms with E-state index in [1.54, 1.807) is 6.07 Å². The van der Waals surface area contributed by atoms with Gasteiger partial charge in [0.05, 0.1) is 5.69 Å². The van der Waals surface area contributed by atoms with Crippen molar-refractivity contribution in [2.24, 2.45) is 0 Å². The number of amides is 1. The van der Waals surface area contributed by atoms with E-state index in [1.807, 2.05) is 31.4 Å². The number of rotatable bonds is 3. The number of aliphatic hydroxyl groups excluding tert-OH is 1. The van der Waals surface area contributed by atoms with E-state index < -0.39 is 29.7 Å². The van der Waals surface area contributed by atoms with Gasteiger partial charge in [-0.15, -0.1) is 0 Å². The maximum absolute atomic E-state index is 13.3. The van der Waals surface area contributed by atoms with Crippen molar-refractivity contribution < 1.29 is 24.6 Å². The molecule has 1 spiro atoms. The third-order valence-electron chi connectivity index (χ3n) is 5.26. The van der Waals surface area contributed by atoms with Gasteiger partial charge in [0.1, 0.15) is 17.7 Å². The summed E-state index contributed by atoms with van der Waals surface area (Å²) < 4.78 is 1.91. The van der Waals surface area contributed by atoms with Crippen LogP contribution in [0.4, 0.5) is 0 Å². The number of carboxylic acids is 1. The minimum Gasteiger partial charge on any atom is -0.505 e. The lowest BCUT2D eigenvalue weighted by Gasteiger charge is -2.39. The highest BCUT2D eigenvalue weighted by Gasteiger charge is 2.52. The summed E-state index contributed by atoms with van der Waals surface area (Å²) in [5.41, 5.74) is -0.0866. The van der Waals surface area contributed by atoms with Crippen molar-refractivity contribution in [3.05, 3.63) is 29.1 Å². The van der Waals surface area contributed by atoms with Crippen molar-refractivity contribution >= 4 is 23.4 Å². The molecule has 26 heavy (non-hydrogen) atoms. The van der Waals surface area contributed by atoms with Gasteiger partial charge in [0.15, 0.2) is 11.5 Å². The van der Waals surface area contributed by atoms with Crippen LogP contribution in [0.5, 0.6) is 0 Å². The van der Waals surface area contributed by atoms with Gasteiger partial charge in [0.2, 0.25) is 0 Å². The van der Waals surface area contributed by atoms with Crippen molar-refractivity contribution in [3.63, 3.8) is 0 Å². The predicted octanol–water partition coefficient (Wildman–Crippen LogP) is 2.11. The van der Waals surface area contributed by atoms with Crippen LogP contribution in [0.15, 0.2) is 17.7 Å². The summed E-state index contributed by atoms with van der Waals surface area (Å²) in [6, 6.07) is 3.61. The molecule has 140 valence electrons. The number of nitrogens with zero attached hydrogens (tertiary/aromatic N) is 1. The SMILES string of the molecule is CC(C)(C)c1ccc2n1C1(CCCC1)C(=O)C(C(=O)NCC(=O)O)=C2O. The Bertz CT molecular complexity index is 819. The molecule has 1 saturated carbocycles. The topological polar surface area (TPSA) is 109 Å². The largest absolute Gasteiger partial charge is 0.505 e. The molecule has 0 aromatic carbocycles. The van der Waals surface area contributed by atoms with Gasteiger partial charge in [-0.2, -0.15) is 0 Å². The zero-order chi connectivity index (χ0) is 19.3.